The summed E-state index contributed by atoms with van der Waals surface area (Å²) in [5.74, 6) is 5.20. The number of anilines is 2. The summed E-state index contributed by atoms with van der Waals surface area (Å²) in [6, 6.07) is 6.05. The second-order valence-electron chi connectivity index (χ2n) is 6.29. The molecule has 11 heteroatoms. The predicted octanol–water partition coefficient (Wildman–Crippen LogP) is 3.10. The monoisotopic (exact) mass is 454 g/mol. The fourth-order valence-electron chi connectivity index (χ4n) is 2.58. The molecule has 2 aromatic rings. The fraction of sp³-hybridized carbons (Fsp3) is 0.368. The lowest BCUT2D eigenvalue weighted by Crippen LogP contribution is -2.44. The number of aromatic nitrogens is 2. The third-order valence-corrected chi connectivity index (χ3v) is 4.66. The molecule has 0 spiro atoms. The molecule has 30 heavy (non-hydrogen) atoms. The number of hydrazine groups is 2. The summed E-state index contributed by atoms with van der Waals surface area (Å²) in [6.45, 7) is 2.44. The summed E-state index contributed by atoms with van der Waals surface area (Å²) in [5.41, 5.74) is 4.94. The van der Waals surface area contributed by atoms with E-state index in [0.717, 1.165) is 19.3 Å². The summed E-state index contributed by atoms with van der Waals surface area (Å²) in [6.07, 6.45) is 6.08. The normalized spacial score (nSPS) is 15.1. The van der Waals surface area contributed by atoms with Crippen LogP contribution in [0, 0.1) is 0 Å². The maximum absolute atomic E-state index is 12.1. The topological polar surface area (TPSA) is 122 Å². The molecule has 0 saturated carbocycles. The predicted molar refractivity (Wildman–Crippen MR) is 116 cm³/mol. The zero-order valence-corrected chi connectivity index (χ0v) is 18.0. The van der Waals surface area contributed by atoms with Gasteiger partial charge in [-0.3, -0.25) is 15.2 Å². The molecule has 0 bridgehead atoms. The quantitative estimate of drug-likeness (QED) is 0.252. The van der Waals surface area contributed by atoms with Crippen LogP contribution in [0.25, 0.3) is 0 Å². The molecule has 3 heterocycles. The van der Waals surface area contributed by atoms with Crippen LogP contribution in [-0.2, 0) is 14.3 Å². The Morgan fingerprint density at radius 3 is 2.57 bits per heavy atom. The van der Waals surface area contributed by atoms with Gasteiger partial charge in [-0.15, -0.1) is 0 Å². The van der Waals surface area contributed by atoms with Gasteiger partial charge in [-0.2, -0.15) is 0 Å². The number of carbonyl (C=O) groups is 2. The Balaban J connectivity index is 0.000000297. The molecule has 1 fully saturated rings. The Kier molecular flexibility index (Phi) is 9.59. The van der Waals surface area contributed by atoms with Gasteiger partial charge in [0.1, 0.15) is 0 Å². The number of amides is 1. The van der Waals surface area contributed by atoms with Gasteiger partial charge in [0.05, 0.1) is 23.1 Å². The Labute approximate surface area is 184 Å². The van der Waals surface area contributed by atoms with Gasteiger partial charge >= 0.3 is 5.97 Å². The van der Waals surface area contributed by atoms with E-state index in [2.05, 4.69) is 27.7 Å². The Hall–Kier alpha value is -2.62. The van der Waals surface area contributed by atoms with Crippen molar-refractivity contribution in [1.82, 2.24) is 15.4 Å². The molecular formula is C19H24Cl2N6O3. The number of nitrogen functional groups attached to an aromatic ring is 1. The van der Waals surface area contributed by atoms with Gasteiger partial charge in [-0.1, -0.05) is 43.0 Å². The molecule has 4 N–H and O–H groups in total. The van der Waals surface area contributed by atoms with Crippen LogP contribution < -0.4 is 21.7 Å². The Morgan fingerprint density at radius 2 is 1.97 bits per heavy atom. The number of rotatable bonds is 7. The minimum Gasteiger partial charge on any atom is -0.464 e. The second kappa shape index (κ2) is 12.2. The molecule has 1 atom stereocenters. The number of halogens is 2. The zero-order chi connectivity index (χ0) is 21.9. The smallest absolute Gasteiger partial charge is 0.331 e. The lowest BCUT2D eigenvalue weighted by molar-refractivity contribution is -0.145. The van der Waals surface area contributed by atoms with Gasteiger partial charge in [-0.25, -0.2) is 20.6 Å². The molecular weight excluding hydrogens is 431 g/mol. The number of hydrogen-bond acceptors (Lipinski definition) is 8. The zero-order valence-electron chi connectivity index (χ0n) is 16.5. The number of unbranched alkanes of at least 4 members (excludes halogenated alkanes) is 2. The molecule has 9 nitrogen and oxygen atoms in total. The Morgan fingerprint density at radius 1 is 1.27 bits per heavy atom. The minimum atomic E-state index is -0.730. The highest BCUT2D eigenvalue weighted by molar-refractivity contribution is 6.33. The van der Waals surface area contributed by atoms with Crippen molar-refractivity contribution in [1.29, 1.82) is 0 Å². The number of pyridine rings is 2. The van der Waals surface area contributed by atoms with Crippen LogP contribution in [0.1, 0.15) is 32.6 Å². The van der Waals surface area contributed by atoms with Crippen molar-refractivity contribution >= 4 is 46.7 Å². The van der Waals surface area contributed by atoms with E-state index in [4.69, 9.17) is 33.8 Å². The van der Waals surface area contributed by atoms with Gasteiger partial charge in [0.25, 0.3) is 0 Å². The van der Waals surface area contributed by atoms with Crippen LogP contribution in [-0.4, -0.2) is 34.5 Å². The van der Waals surface area contributed by atoms with Crippen molar-refractivity contribution in [2.24, 2.45) is 5.84 Å². The van der Waals surface area contributed by atoms with Crippen LogP contribution in [0.5, 0.6) is 0 Å². The third-order valence-electron chi connectivity index (χ3n) is 4.06. The Bertz CT molecular complexity index is 855. The maximum Gasteiger partial charge on any atom is 0.331 e. The third kappa shape index (κ3) is 6.72. The van der Waals surface area contributed by atoms with Gasteiger partial charge in [0, 0.05) is 12.4 Å². The first-order chi connectivity index (χ1) is 14.5. The first-order valence-corrected chi connectivity index (χ1v) is 10.2. The lowest BCUT2D eigenvalue weighted by Gasteiger charge is -2.23. The summed E-state index contributed by atoms with van der Waals surface area (Å²) < 4.78 is 5.22. The van der Waals surface area contributed by atoms with Crippen molar-refractivity contribution in [3.8, 4) is 0 Å². The van der Waals surface area contributed by atoms with E-state index < -0.39 is 12.0 Å². The van der Waals surface area contributed by atoms with Crippen molar-refractivity contribution in [2.45, 2.75) is 38.6 Å². The van der Waals surface area contributed by atoms with Crippen LogP contribution >= 0.6 is 23.2 Å². The number of hydrogen-bond donors (Lipinski definition) is 3. The summed E-state index contributed by atoms with van der Waals surface area (Å²) in [7, 11) is 0. The van der Waals surface area contributed by atoms with E-state index in [1.807, 2.05) is 0 Å². The van der Waals surface area contributed by atoms with Crippen molar-refractivity contribution in [3.63, 3.8) is 0 Å². The van der Waals surface area contributed by atoms with Crippen molar-refractivity contribution in [3.05, 3.63) is 46.7 Å². The molecule has 0 radical (unpaired) electrons. The average molecular weight is 455 g/mol. The van der Waals surface area contributed by atoms with E-state index in [0.29, 0.717) is 28.3 Å². The van der Waals surface area contributed by atoms with Crippen LogP contribution in [0.2, 0.25) is 10.0 Å². The van der Waals surface area contributed by atoms with Gasteiger partial charge < -0.3 is 10.2 Å². The number of nitrogens with one attached hydrogen (secondary N) is 2. The van der Waals surface area contributed by atoms with Crippen LogP contribution in [0.15, 0.2) is 36.7 Å². The lowest BCUT2D eigenvalue weighted by atomic mass is 10.2. The SMILES string of the molecule is CCCCCOC(=O)C1CC(=O)NN1c1ncccc1Cl.NNc1ncccc1Cl. The first-order valence-electron chi connectivity index (χ1n) is 9.40. The van der Waals surface area contributed by atoms with E-state index in [-0.39, 0.29) is 12.3 Å². The van der Waals surface area contributed by atoms with E-state index in [1.165, 1.54) is 5.01 Å². The number of carbonyl (C=O) groups excluding carboxylic acids is 2. The molecule has 1 unspecified atom stereocenters. The van der Waals surface area contributed by atoms with Gasteiger partial charge in [0.15, 0.2) is 17.7 Å². The van der Waals surface area contributed by atoms with E-state index >= 15 is 0 Å². The largest absolute Gasteiger partial charge is 0.464 e. The number of esters is 1. The summed E-state index contributed by atoms with van der Waals surface area (Å²) in [4.78, 5) is 31.7. The highest BCUT2D eigenvalue weighted by Crippen LogP contribution is 2.26. The van der Waals surface area contributed by atoms with Crippen molar-refractivity contribution in [2.75, 3.05) is 17.0 Å². The molecule has 3 rings (SSSR count). The van der Waals surface area contributed by atoms with Crippen LogP contribution in [0.4, 0.5) is 11.6 Å². The van der Waals surface area contributed by atoms with Gasteiger partial charge in [0.2, 0.25) is 5.91 Å². The molecule has 1 amide bonds. The van der Waals surface area contributed by atoms with E-state index in [9.17, 15) is 9.59 Å². The molecule has 0 aliphatic carbocycles. The minimum absolute atomic E-state index is 0.0412. The maximum atomic E-state index is 12.1. The highest BCUT2D eigenvalue weighted by atomic mass is 35.5. The van der Waals surface area contributed by atoms with E-state index in [1.54, 1.807) is 36.7 Å². The van der Waals surface area contributed by atoms with Crippen LogP contribution in [0.3, 0.4) is 0 Å². The average Bonchev–Trinajstić information content (AvgIpc) is 3.14. The molecule has 0 aromatic carbocycles. The molecule has 2 aromatic heterocycles. The number of nitrogens with two attached hydrogens (primary N) is 1. The van der Waals surface area contributed by atoms with Gasteiger partial charge in [-0.05, 0) is 30.7 Å². The standard InChI is InChI=1S/C14H18ClN3O3.C5H6ClN3/c1-2-3-4-8-21-14(20)11-9-12(19)17-18(11)13-10(15)6-5-7-16-13;6-4-2-1-3-8-5(4)9-7/h5-7,11H,2-4,8-9H2,1H3,(H,17,19);1-3H,7H2,(H,8,9). The van der Waals surface area contributed by atoms with Crippen molar-refractivity contribution < 1.29 is 14.3 Å². The molecule has 1 aliphatic heterocycles. The molecule has 162 valence electrons. The second-order valence-corrected chi connectivity index (χ2v) is 7.10. The fourth-order valence-corrected chi connectivity index (χ4v) is 2.97. The highest BCUT2D eigenvalue weighted by Gasteiger charge is 2.38. The summed E-state index contributed by atoms with van der Waals surface area (Å²) in [5, 5.41) is 2.27. The first kappa shape index (κ1) is 23.7. The molecule has 1 saturated heterocycles. The number of ether oxygens (including phenoxy) is 1. The number of nitrogens with zero attached hydrogens (tertiary/aromatic N) is 3. The summed E-state index contributed by atoms with van der Waals surface area (Å²) >= 11 is 11.7. The molecule has 1 aliphatic rings.